The van der Waals surface area contributed by atoms with Crippen molar-refractivity contribution in [2.24, 2.45) is 0 Å². The van der Waals surface area contributed by atoms with Crippen molar-refractivity contribution in [1.29, 1.82) is 0 Å². The molecular weight excluding hydrogens is 285 g/mol. The first-order valence-electron chi connectivity index (χ1n) is 5.74. The van der Waals surface area contributed by atoms with E-state index in [9.17, 15) is 12.8 Å². The second kappa shape index (κ2) is 5.17. The van der Waals surface area contributed by atoms with Crippen LogP contribution in [0.15, 0.2) is 23.4 Å². The lowest BCUT2D eigenvalue weighted by Crippen LogP contribution is -2.28. The third-order valence-corrected chi connectivity index (χ3v) is 4.36. The van der Waals surface area contributed by atoms with Crippen LogP contribution in [0.1, 0.15) is 24.4 Å². The molecule has 1 aromatic heterocycles. The molecule has 0 bridgehead atoms. The lowest BCUT2D eigenvalue weighted by molar-refractivity contribution is 0.557. The summed E-state index contributed by atoms with van der Waals surface area (Å²) >= 11 is 0. The number of aromatic amines is 1. The quantitative estimate of drug-likeness (QED) is 0.725. The molecule has 0 saturated carbocycles. The van der Waals surface area contributed by atoms with Gasteiger partial charge < -0.3 is 5.73 Å². The molecular formula is C11H14FN5O2S. The largest absolute Gasteiger partial charge is 0.398 e. The van der Waals surface area contributed by atoms with Crippen LogP contribution in [0.5, 0.6) is 0 Å². The Kier molecular flexibility index (Phi) is 3.73. The van der Waals surface area contributed by atoms with Gasteiger partial charge in [-0.05, 0) is 26.0 Å². The van der Waals surface area contributed by atoms with Crippen molar-refractivity contribution in [3.05, 3.63) is 35.7 Å². The number of H-pyrrole nitrogens is 1. The van der Waals surface area contributed by atoms with E-state index >= 15 is 0 Å². The Morgan fingerprint density at radius 1 is 1.45 bits per heavy atom. The fourth-order valence-corrected chi connectivity index (χ4v) is 2.86. The molecule has 0 spiro atoms. The van der Waals surface area contributed by atoms with Gasteiger partial charge in [0.15, 0.2) is 0 Å². The van der Waals surface area contributed by atoms with Gasteiger partial charge in [-0.3, -0.25) is 5.10 Å². The number of nitrogens with two attached hydrogens (primary N) is 1. The zero-order valence-electron chi connectivity index (χ0n) is 10.9. The van der Waals surface area contributed by atoms with Gasteiger partial charge in [0.2, 0.25) is 10.0 Å². The molecule has 108 valence electrons. The molecule has 0 aliphatic rings. The molecule has 9 heteroatoms. The van der Waals surface area contributed by atoms with E-state index in [1.807, 2.05) is 0 Å². The van der Waals surface area contributed by atoms with E-state index < -0.39 is 21.9 Å². The number of sulfonamides is 1. The van der Waals surface area contributed by atoms with Gasteiger partial charge in [-0.2, -0.15) is 5.10 Å². The molecule has 0 aliphatic heterocycles. The molecule has 1 atom stereocenters. The molecule has 4 N–H and O–H groups in total. The highest BCUT2D eigenvalue weighted by molar-refractivity contribution is 7.89. The predicted octanol–water partition coefficient (Wildman–Crippen LogP) is 0.874. The third-order valence-electron chi connectivity index (χ3n) is 2.84. The number of halogens is 1. The monoisotopic (exact) mass is 299 g/mol. The zero-order valence-corrected chi connectivity index (χ0v) is 11.7. The molecule has 2 aromatic rings. The van der Waals surface area contributed by atoms with Gasteiger partial charge in [0, 0.05) is 11.3 Å². The summed E-state index contributed by atoms with van der Waals surface area (Å²) in [5.74, 6) is -0.313. The maximum atomic E-state index is 13.6. The van der Waals surface area contributed by atoms with Crippen LogP contribution in [0, 0.1) is 12.7 Å². The van der Waals surface area contributed by atoms with E-state index in [2.05, 4.69) is 19.9 Å². The van der Waals surface area contributed by atoms with Gasteiger partial charge in [-0.15, -0.1) is 0 Å². The highest BCUT2D eigenvalue weighted by Gasteiger charge is 2.21. The van der Waals surface area contributed by atoms with Crippen LogP contribution in [-0.2, 0) is 10.0 Å². The Morgan fingerprint density at radius 3 is 2.70 bits per heavy atom. The van der Waals surface area contributed by atoms with Crippen molar-refractivity contribution in [2.45, 2.75) is 24.8 Å². The molecule has 7 nitrogen and oxygen atoms in total. The van der Waals surface area contributed by atoms with Crippen LogP contribution in [0.2, 0.25) is 0 Å². The number of rotatable bonds is 4. The summed E-state index contributed by atoms with van der Waals surface area (Å²) < 4.78 is 40.3. The molecule has 2 rings (SSSR count). The van der Waals surface area contributed by atoms with Crippen molar-refractivity contribution in [1.82, 2.24) is 19.9 Å². The van der Waals surface area contributed by atoms with E-state index in [1.54, 1.807) is 6.92 Å². The molecule has 0 radical (unpaired) electrons. The summed E-state index contributed by atoms with van der Waals surface area (Å²) in [5.41, 5.74) is 5.88. The van der Waals surface area contributed by atoms with E-state index in [4.69, 9.17) is 5.73 Å². The Balaban J connectivity index is 2.31. The van der Waals surface area contributed by atoms with Gasteiger partial charge in [0.1, 0.15) is 18.0 Å². The van der Waals surface area contributed by atoms with Crippen LogP contribution in [0.3, 0.4) is 0 Å². The van der Waals surface area contributed by atoms with E-state index in [0.29, 0.717) is 5.82 Å². The summed E-state index contributed by atoms with van der Waals surface area (Å²) in [6.45, 7) is 3.07. The minimum Gasteiger partial charge on any atom is -0.398 e. The third kappa shape index (κ3) is 2.78. The lowest BCUT2D eigenvalue weighted by atomic mass is 10.2. The van der Waals surface area contributed by atoms with Crippen LogP contribution in [-0.4, -0.2) is 23.6 Å². The average molecular weight is 299 g/mol. The molecule has 0 amide bonds. The summed E-state index contributed by atoms with van der Waals surface area (Å²) in [7, 11) is -3.91. The number of nitrogens with zero attached hydrogens (tertiary/aromatic N) is 2. The van der Waals surface area contributed by atoms with Crippen molar-refractivity contribution >= 4 is 15.7 Å². The minimum absolute atomic E-state index is 0.0812. The van der Waals surface area contributed by atoms with Gasteiger partial charge in [0.25, 0.3) is 0 Å². The number of nitrogens with one attached hydrogen (secondary N) is 2. The second-order valence-electron chi connectivity index (χ2n) is 4.33. The maximum absolute atomic E-state index is 13.6. The molecule has 0 saturated heterocycles. The SMILES string of the molecule is Cc1c(N)cc(S(=O)(=O)NC(C)c2ncn[nH]2)cc1F. The highest BCUT2D eigenvalue weighted by atomic mass is 32.2. The van der Waals surface area contributed by atoms with Crippen LogP contribution < -0.4 is 10.5 Å². The van der Waals surface area contributed by atoms with Crippen LogP contribution in [0.4, 0.5) is 10.1 Å². The molecule has 0 fully saturated rings. The van der Waals surface area contributed by atoms with Crippen LogP contribution >= 0.6 is 0 Å². The Morgan fingerprint density at radius 2 is 2.15 bits per heavy atom. The normalized spacial score (nSPS) is 13.3. The Labute approximate surface area is 115 Å². The van der Waals surface area contributed by atoms with E-state index in [-0.39, 0.29) is 16.1 Å². The number of aromatic nitrogens is 3. The number of benzene rings is 1. The molecule has 1 unspecified atom stereocenters. The second-order valence-corrected chi connectivity index (χ2v) is 6.05. The first-order valence-corrected chi connectivity index (χ1v) is 7.23. The van der Waals surface area contributed by atoms with Crippen LogP contribution in [0.25, 0.3) is 0 Å². The Bertz CT molecular complexity index is 691. The van der Waals surface area contributed by atoms with Gasteiger partial charge in [-0.1, -0.05) is 0 Å². The summed E-state index contributed by atoms with van der Waals surface area (Å²) in [6.07, 6.45) is 1.27. The number of nitrogen functional groups attached to an aromatic ring is 1. The van der Waals surface area contributed by atoms with Crippen molar-refractivity contribution in [3.8, 4) is 0 Å². The molecule has 1 aromatic carbocycles. The zero-order chi connectivity index (χ0) is 14.9. The first-order chi connectivity index (χ1) is 9.31. The Hall–Kier alpha value is -2.00. The minimum atomic E-state index is -3.91. The smallest absolute Gasteiger partial charge is 0.241 e. The summed E-state index contributed by atoms with van der Waals surface area (Å²) in [5, 5.41) is 6.19. The summed E-state index contributed by atoms with van der Waals surface area (Å²) in [6, 6.07) is 1.52. The van der Waals surface area contributed by atoms with Crippen molar-refractivity contribution in [2.75, 3.05) is 5.73 Å². The number of hydrogen-bond acceptors (Lipinski definition) is 5. The topological polar surface area (TPSA) is 114 Å². The molecule has 20 heavy (non-hydrogen) atoms. The molecule has 0 aliphatic carbocycles. The van der Waals surface area contributed by atoms with Gasteiger partial charge >= 0.3 is 0 Å². The van der Waals surface area contributed by atoms with Crippen molar-refractivity contribution < 1.29 is 12.8 Å². The highest BCUT2D eigenvalue weighted by Crippen LogP contribution is 2.22. The van der Waals surface area contributed by atoms with E-state index in [1.165, 1.54) is 19.3 Å². The lowest BCUT2D eigenvalue weighted by Gasteiger charge is -2.13. The fraction of sp³-hybridized carbons (Fsp3) is 0.273. The first kappa shape index (κ1) is 14.4. The fourth-order valence-electron chi connectivity index (χ4n) is 1.61. The number of hydrogen-bond donors (Lipinski definition) is 3. The standard InChI is InChI=1S/C11H14FN5O2S/c1-6-9(12)3-8(4-10(6)13)20(18,19)17-7(2)11-14-5-15-16-11/h3-5,7,17H,13H2,1-2H3,(H,14,15,16). The molecule has 1 heterocycles. The average Bonchev–Trinajstić information content (AvgIpc) is 2.88. The van der Waals surface area contributed by atoms with E-state index in [0.717, 1.165) is 6.07 Å². The summed E-state index contributed by atoms with van der Waals surface area (Å²) in [4.78, 5) is 3.62. The maximum Gasteiger partial charge on any atom is 0.241 e. The van der Waals surface area contributed by atoms with Gasteiger partial charge in [-0.25, -0.2) is 22.5 Å². The van der Waals surface area contributed by atoms with Gasteiger partial charge in [0.05, 0.1) is 10.9 Å². The number of anilines is 1. The predicted molar refractivity (Wildman–Crippen MR) is 70.7 cm³/mol. The van der Waals surface area contributed by atoms with Crippen molar-refractivity contribution in [3.63, 3.8) is 0 Å².